The molecule has 1 heterocycles. The van der Waals surface area contributed by atoms with Crippen LogP contribution >= 0.6 is 11.3 Å². The molecule has 0 bridgehead atoms. The van der Waals surface area contributed by atoms with Crippen molar-refractivity contribution in [2.24, 2.45) is 0 Å². The number of hydrogen-bond donors (Lipinski definition) is 1. The highest BCUT2D eigenvalue weighted by atomic mass is 32.1. The molecule has 0 saturated carbocycles. The Morgan fingerprint density at radius 2 is 1.68 bits per heavy atom. The van der Waals surface area contributed by atoms with Crippen LogP contribution in [0.25, 0.3) is 0 Å². The quantitative estimate of drug-likeness (QED) is 0.796. The average Bonchev–Trinajstić information content (AvgIpc) is 3.09. The van der Waals surface area contributed by atoms with Crippen molar-refractivity contribution in [1.29, 1.82) is 0 Å². The van der Waals surface area contributed by atoms with E-state index in [4.69, 9.17) is 0 Å². The van der Waals surface area contributed by atoms with Crippen molar-refractivity contribution in [3.63, 3.8) is 0 Å². The van der Waals surface area contributed by atoms with Crippen LogP contribution in [0, 0.1) is 0 Å². The molecule has 114 valence electrons. The van der Waals surface area contributed by atoms with Crippen LogP contribution in [0.3, 0.4) is 0 Å². The fourth-order valence-corrected chi connectivity index (χ4v) is 4.77. The van der Waals surface area contributed by atoms with Crippen LogP contribution in [0.1, 0.15) is 56.9 Å². The minimum absolute atomic E-state index is 0.0519. The minimum atomic E-state index is 0.0519. The van der Waals surface area contributed by atoms with Gasteiger partial charge >= 0.3 is 0 Å². The van der Waals surface area contributed by atoms with E-state index in [0.29, 0.717) is 0 Å². The number of thiophene rings is 1. The Labute approximate surface area is 135 Å². The second-order valence-corrected chi connectivity index (χ2v) is 7.55. The molecular weight excluding hydrogens is 290 g/mol. The van der Waals surface area contributed by atoms with Crippen LogP contribution in [0.5, 0.6) is 0 Å². The number of carbonyl (C=O) groups is 1. The van der Waals surface area contributed by atoms with E-state index in [1.807, 2.05) is 6.07 Å². The minimum Gasteiger partial charge on any atom is -0.321 e. The Bertz CT molecular complexity index is 693. The number of nitrogens with one attached hydrogen (secondary N) is 1. The topological polar surface area (TPSA) is 29.1 Å². The van der Waals surface area contributed by atoms with Gasteiger partial charge < -0.3 is 5.32 Å². The van der Waals surface area contributed by atoms with E-state index in [1.165, 1.54) is 53.7 Å². The van der Waals surface area contributed by atoms with Crippen LogP contribution in [-0.4, -0.2) is 5.91 Å². The molecule has 2 nitrogen and oxygen atoms in total. The van der Waals surface area contributed by atoms with Gasteiger partial charge in [-0.2, -0.15) is 0 Å². The predicted molar refractivity (Wildman–Crippen MR) is 92.0 cm³/mol. The molecule has 3 heteroatoms. The molecular formula is C19H21NOS. The Morgan fingerprint density at radius 3 is 2.64 bits per heavy atom. The fraction of sp³-hybridized carbons (Fsp3) is 0.421. The van der Waals surface area contributed by atoms with Gasteiger partial charge in [-0.25, -0.2) is 0 Å². The molecule has 1 aromatic carbocycles. The SMILES string of the molecule is O=C(Nc1ccc2c(c1)CCC2)c1cc2c(s1)CCCCC2. The first-order chi connectivity index (χ1) is 10.8. The van der Waals surface area contributed by atoms with Gasteiger partial charge in [0.25, 0.3) is 5.91 Å². The van der Waals surface area contributed by atoms with Crippen molar-refractivity contribution in [2.75, 3.05) is 5.32 Å². The molecule has 2 aliphatic rings. The molecule has 0 spiro atoms. The first-order valence-electron chi connectivity index (χ1n) is 8.34. The average molecular weight is 311 g/mol. The summed E-state index contributed by atoms with van der Waals surface area (Å²) in [5.74, 6) is 0.0519. The summed E-state index contributed by atoms with van der Waals surface area (Å²) in [5.41, 5.74) is 5.19. The second-order valence-electron chi connectivity index (χ2n) is 6.41. The van der Waals surface area contributed by atoms with Crippen molar-refractivity contribution in [1.82, 2.24) is 0 Å². The van der Waals surface area contributed by atoms with Gasteiger partial charge in [-0.3, -0.25) is 4.79 Å². The van der Waals surface area contributed by atoms with Crippen LogP contribution in [0.2, 0.25) is 0 Å². The number of aryl methyl sites for hydroxylation is 4. The van der Waals surface area contributed by atoms with Gasteiger partial charge in [0.15, 0.2) is 0 Å². The first-order valence-corrected chi connectivity index (χ1v) is 9.16. The lowest BCUT2D eigenvalue weighted by Gasteiger charge is -2.06. The largest absolute Gasteiger partial charge is 0.321 e. The summed E-state index contributed by atoms with van der Waals surface area (Å²) < 4.78 is 0. The third-order valence-electron chi connectivity index (χ3n) is 4.83. The molecule has 0 saturated heterocycles. The number of benzene rings is 1. The first kappa shape index (κ1) is 14.0. The number of rotatable bonds is 2. The normalized spacial score (nSPS) is 16.7. The van der Waals surface area contributed by atoms with Crippen molar-refractivity contribution >= 4 is 22.9 Å². The van der Waals surface area contributed by atoms with Gasteiger partial charge in [-0.15, -0.1) is 11.3 Å². The van der Waals surface area contributed by atoms with Gasteiger partial charge in [0.05, 0.1) is 4.88 Å². The van der Waals surface area contributed by atoms with E-state index in [-0.39, 0.29) is 5.91 Å². The maximum absolute atomic E-state index is 12.5. The van der Waals surface area contributed by atoms with Crippen LogP contribution in [0.4, 0.5) is 5.69 Å². The highest BCUT2D eigenvalue weighted by molar-refractivity contribution is 7.14. The van der Waals surface area contributed by atoms with Crippen molar-refractivity contribution < 1.29 is 4.79 Å². The lowest BCUT2D eigenvalue weighted by atomic mass is 10.1. The summed E-state index contributed by atoms with van der Waals surface area (Å²) in [4.78, 5) is 14.8. The van der Waals surface area contributed by atoms with Crippen LogP contribution in [-0.2, 0) is 25.7 Å². The summed E-state index contributed by atoms with van der Waals surface area (Å²) in [5, 5.41) is 3.08. The van der Waals surface area contributed by atoms with E-state index < -0.39 is 0 Å². The number of carbonyl (C=O) groups excluding carboxylic acids is 1. The van der Waals surface area contributed by atoms with Crippen LogP contribution < -0.4 is 5.32 Å². The van der Waals surface area contributed by atoms with E-state index in [9.17, 15) is 4.79 Å². The van der Waals surface area contributed by atoms with Gasteiger partial charge in [-0.05, 0) is 79.8 Å². The monoisotopic (exact) mass is 311 g/mol. The zero-order valence-corrected chi connectivity index (χ0v) is 13.6. The molecule has 1 amide bonds. The molecule has 0 aliphatic heterocycles. The molecule has 2 aromatic rings. The van der Waals surface area contributed by atoms with Crippen molar-refractivity contribution in [2.45, 2.75) is 51.4 Å². The zero-order chi connectivity index (χ0) is 14.9. The summed E-state index contributed by atoms with van der Waals surface area (Å²) in [6.45, 7) is 0. The lowest BCUT2D eigenvalue weighted by molar-refractivity contribution is 0.103. The molecule has 1 aromatic heterocycles. The van der Waals surface area contributed by atoms with Gasteiger partial charge in [0.2, 0.25) is 0 Å². The third kappa shape index (κ3) is 2.70. The Morgan fingerprint density at radius 1 is 0.864 bits per heavy atom. The van der Waals surface area contributed by atoms with E-state index in [1.54, 1.807) is 11.3 Å². The smallest absolute Gasteiger partial charge is 0.265 e. The van der Waals surface area contributed by atoms with Gasteiger partial charge in [-0.1, -0.05) is 12.5 Å². The van der Waals surface area contributed by atoms with Gasteiger partial charge in [0.1, 0.15) is 0 Å². The number of amides is 1. The van der Waals surface area contributed by atoms with Crippen molar-refractivity contribution in [3.8, 4) is 0 Å². The predicted octanol–water partition coefficient (Wildman–Crippen LogP) is 4.76. The summed E-state index contributed by atoms with van der Waals surface area (Å²) in [7, 11) is 0. The summed E-state index contributed by atoms with van der Waals surface area (Å²) in [6.07, 6.45) is 9.69. The van der Waals surface area contributed by atoms with Gasteiger partial charge in [0, 0.05) is 10.6 Å². The molecule has 0 unspecified atom stereocenters. The number of hydrogen-bond acceptors (Lipinski definition) is 2. The molecule has 2 aliphatic carbocycles. The zero-order valence-electron chi connectivity index (χ0n) is 12.8. The summed E-state index contributed by atoms with van der Waals surface area (Å²) >= 11 is 1.69. The molecule has 1 N–H and O–H groups in total. The Kier molecular flexibility index (Phi) is 3.75. The van der Waals surface area contributed by atoms with Crippen molar-refractivity contribution in [3.05, 3.63) is 50.7 Å². The maximum atomic E-state index is 12.5. The maximum Gasteiger partial charge on any atom is 0.265 e. The highest BCUT2D eigenvalue weighted by Gasteiger charge is 2.17. The van der Waals surface area contributed by atoms with Crippen LogP contribution in [0.15, 0.2) is 24.3 Å². The highest BCUT2D eigenvalue weighted by Crippen LogP contribution is 2.30. The second kappa shape index (κ2) is 5.88. The lowest BCUT2D eigenvalue weighted by Crippen LogP contribution is -2.10. The molecule has 0 atom stereocenters. The fourth-order valence-electron chi connectivity index (χ4n) is 3.62. The number of anilines is 1. The van der Waals surface area contributed by atoms with E-state index in [0.717, 1.165) is 29.8 Å². The van der Waals surface area contributed by atoms with E-state index in [2.05, 4.69) is 23.5 Å². The number of fused-ring (bicyclic) bond motifs is 2. The van der Waals surface area contributed by atoms with E-state index >= 15 is 0 Å². The standard InChI is InChI=1S/C19H21NOS/c21-19(18-12-15-5-2-1-3-8-17(15)22-18)20-16-10-9-13-6-4-7-14(13)11-16/h9-12H,1-8H2,(H,20,21). The Balaban J connectivity index is 1.52. The molecule has 0 fully saturated rings. The molecule has 22 heavy (non-hydrogen) atoms. The molecule has 4 rings (SSSR count). The third-order valence-corrected chi connectivity index (χ3v) is 6.06. The summed E-state index contributed by atoms with van der Waals surface area (Å²) in [6, 6.07) is 8.48. The molecule has 0 radical (unpaired) electrons. The Hall–Kier alpha value is -1.61.